The van der Waals surface area contributed by atoms with Crippen molar-refractivity contribution in [2.45, 2.75) is 128 Å². The minimum Gasteiger partial charge on any atom is -0.489 e. The van der Waals surface area contributed by atoms with Crippen LogP contribution in [0.15, 0.2) is 24.4 Å². The first-order chi connectivity index (χ1) is 19.9. The lowest BCUT2D eigenvalue weighted by molar-refractivity contribution is -0.0823. The second-order valence-corrected chi connectivity index (χ2v) is 12.5. The van der Waals surface area contributed by atoms with E-state index in [1.165, 1.54) is 50.8 Å². The summed E-state index contributed by atoms with van der Waals surface area (Å²) in [5, 5.41) is 0. The van der Waals surface area contributed by atoms with Crippen LogP contribution in [0.2, 0.25) is 0 Å². The third kappa shape index (κ3) is 7.82. The lowest BCUT2D eigenvalue weighted by Gasteiger charge is -2.34. The Morgan fingerprint density at radius 2 is 1.61 bits per heavy atom. The second kappa shape index (κ2) is 13.9. The van der Waals surface area contributed by atoms with E-state index in [0.29, 0.717) is 31.6 Å². The van der Waals surface area contributed by atoms with Crippen LogP contribution in [0.4, 0.5) is 17.6 Å². The first kappa shape index (κ1) is 30.3. The van der Waals surface area contributed by atoms with Crippen LogP contribution in [-0.4, -0.2) is 23.8 Å². The number of nitrogens with zero attached hydrogens (tertiary/aromatic N) is 1. The summed E-state index contributed by atoms with van der Waals surface area (Å²) in [5.74, 6) is -5.56. The van der Waals surface area contributed by atoms with Gasteiger partial charge in [0.2, 0.25) is 0 Å². The summed E-state index contributed by atoms with van der Waals surface area (Å²) >= 11 is 0. The van der Waals surface area contributed by atoms with Gasteiger partial charge < -0.3 is 9.47 Å². The van der Waals surface area contributed by atoms with E-state index in [1.807, 2.05) is 0 Å². The molecule has 2 heterocycles. The van der Waals surface area contributed by atoms with Crippen molar-refractivity contribution in [1.29, 1.82) is 0 Å². The van der Waals surface area contributed by atoms with Gasteiger partial charge in [0.25, 0.3) is 5.92 Å². The zero-order chi connectivity index (χ0) is 28.8. The van der Waals surface area contributed by atoms with Crippen molar-refractivity contribution in [2.75, 3.05) is 6.61 Å². The molecule has 2 fully saturated rings. The predicted octanol–water partition coefficient (Wildman–Crippen LogP) is 9.94. The molecule has 1 aliphatic heterocycles. The highest BCUT2D eigenvalue weighted by atomic mass is 19.3. The molecular formula is C34H45F4NO2. The topological polar surface area (TPSA) is 34.6 Å². The fraction of sp³-hybridized carbons (Fsp3) is 0.676. The Hall–Kier alpha value is -2.15. The Kier molecular flexibility index (Phi) is 10.3. The fourth-order valence-electron chi connectivity index (χ4n) is 6.37. The molecule has 0 bridgehead atoms. The van der Waals surface area contributed by atoms with Gasteiger partial charge in [-0.25, -0.2) is 17.6 Å². The Morgan fingerprint density at radius 1 is 0.878 bits per heavy atom. The standard InChI is InChI=1S/C34H45F4NO2/c1-2-3-13-29-30(41-29)22-40-26-18-19-28(39-21-26)27-20-24-16-17-25(34(37,38)31(24)33(36)32(27)35)12-10-8-6-4-5-7-9-11-23-14-15-23/h18-21,23,25,29-30H,2-17,22H2,1H3. The van der Waals surface area contributed by atoms with E-state index in [4.69, 9.17) is 9.47 Å². The fourth-order valence-corrected chi connectivity index (χ4v) is 6.37. The number of benzene rings is 1. The molecule has 1 saturated carbocycles. The van der Waals surface area contributed by atoms with Gasteiger partial charge in [-0.15, -0.1) is 0 Å². The second-order valence-electron chi connectivity index (χ2n) is 12.5. The summed E-state index contributed by atoms with van der Waals surface area (Å²) in [4.78, 5) is 4.25. The van der Waals surface area contributed by atoms with Crippen molar-refractivity contribution in [3.05, 3.63) is 47.2 Å². The highest BCUT2D eigenvalue weighted by Gasteiger charge is 2.48. The third-order valence-corrected chi connectivity index (χ3v) is 9.21. The van der Waals surface area contributed by atoms with Crippen LogP contribution in [0.1, 0.15) is 114 Å². The number of fused-ring (bicyclic) bond motifs is 1. The molecule has 1 aromatic carbocycles. The van der Waals surface area contributed by atoms with Gasteiger partial charge in [-0.2, -0.15) is 0 Å². The van der Waals surface area contributed by atoms with Crippen LogP contribution in [0.3, 0.4) is 0 Å². The lowest BCUT2D eigenvalue weighted by Crippen LogP contribution is -2.33. The normalized spacial score (nSPS) is 22.9. The van der Waals surface area contributed by atoms with E-state index in [9.17, 15) is 0 Å². The number of hydrogen-bond acceptors (Lipinski definition) is 3. The van der Waals surface area contributed by atoms with Crippen molar-refractivity contribution in [3.8, 4) is 17.0 Å². The molecule has 226 valence electrons. The molecule has 3 nitrogen and oxygen atoms in total. The third-order valence-electron chi connectivity index (χ3n) is 9.21. The highest BCUT2D eigenvalue weighted by molar-refractivity contribution is 5.63. The largest absolute Gasteiger partial charge is 0.489 e. The summed E-state index contributed by atoms with van der Waals surface area (Å²) in [5.41, 5.74) is -0.479. The summed E-state index contributed by atoms with van der Waals surface area (Å²) in [6.45, 7) is 2.55. The summed E-state index contributed by atoms with van der Waals surface area (Å²) < 4.78 is 72.7. The molecule has 7 heteroatoms. The van der Waals surface area contributed by atoms with Crippen molar-refractivity contribution in [1.82, 2.24) is 4.98 Å². The van der Waals surface area contributed by atoms with Crippen molar-refractivity contribution in [3.63, 3.8) is 0 Å². The molecule has 5 rings (SSSR count). The minimum absolute atomic E-state index is 0.0743. The number of unbranched alkanes of at least 4 members (excludes halogenated alkanes) is 7. The van der Waals surface area contributed by atoms with Gasteiger partial charge in [0, 0.05) is 11.5 Å². The molecule has 1 saturated heterocycles. The number of alkyl halides is 2. The Bertz CT molecular complexity index is 1130. The van der Waals surface area contributed by atoms with Gasteiger partial charge in [0.15, 0.2) is 11.6 Å². The minimum atomic E-state index is -3.38. The van der Waals surface area contributed by atoms with Crippen molar-refractivity contribution in [2.24, 2.45) is 11.8 Å². The zero-order valence-corrected chi connectivity index (χ0v) is 24.4. The maximum atomic E-state index is 15.5. The molecule has 2 aliphatic carbocycles. The Labute approximate surface area is 242 Å². The van der Waals surface area contributed by atoms with Gasteiger partial charge in [-0.1, -0.05) is 84.0 Å². The molecule has 0 spiro atoms. The molecule has 3 unspecified atom stereocenters. The molecule has 0 amide bonds. The molecule has 41 heavy (non-hydrogen) atoms. The molecule has 3 aliphatic rings. The summed E-state index contributed by atoms with van der Waals surface area (Å²) in [6.07, 6.45) is 17.7. The number of aromatic nitrogens is 1. The number of halogens is 4. The SMILES string of the molecule is CCCCC1OC1COc1ccc(-c2cc3c(c(F)c2F)C(F)(F)C(CCCCCCCCCC2CC2)CC3)nc1. The van der Waals surface area contributed by atoms with Gasteiger partial charge in [0.05, 0.1) is 23.6 Å². The van der Waals surface area contributed by atoms with Crippen molar-refractivity contribution >= 4 is 0 Å². The molecule has 0 N–H and O–H groups in total. The number of aryl methyl sites for hydroxylation is 1. The molecule has 1 aromatic heterocycles. The quantitative estimate of drug-likeness (QED) is 0.107. The highest BCUT2D eigenvalue weighted by Crippen LogP contribution is 2.49. The van der Waals surface area contributed by atoms with E-state index >= 15 is 17.6 Å². The van der Waals surface area contributed by atoms with E-state index in [0.717, 1.165) is 44.4 Å². The van der Waals surface area contributed by atoms with E-state index in [2.05, 4.69) is 11.9 Å². The average Bonchev–Trinajstić information content (AvgIpc) is 3.90. The van der Waals surface area contributed by atoms with Gasteiger partial charge in [0.1, 0.15) is 18.5 Å². The molecule has 3 atom stereocenters. The van der Waals surface area contributed by atoms with Gasteiger partial charge >= 0.3 is 0 Å². The number of hydrogen-bond donors (Lipinski definition) is 0. The maximum absolute atomic E-state index is 15.5. The molecular weight excluding hydrogens is 530 g/mol. The maximum Gasteiger partial charge on any atom is 0.279 e. The van der Waals surface area contributed by atoms with Crippen LogP contribution in [-0.2, 0) is 17.1 Å². The van der Waals surface area contributed by atoms with E-state index in [1.54, 1.807) is 12.1 Å². The van der Waals surface area contributed by atoms with Crippen LogP contribution >= 0.6 is 0 Å². The number of rotatable bonds is 17. The van der Waals surface area contributed by atoms with Crippen LogP contribution in [0.5, 0.6) is 5.75 Å². The van der Waals surface area contributed by atoms with Gasteiger partial charge in [-0.3, -0.25) is 4.98 Å². The van der Waals surface area contributed by atoms with E-state index < -0.39 is 29.0 Å². The van der Waals surface area contributed by atoms with Crippen molar-refractivity contribution < 1.29 is 27.0 Å². The monoisotopic (exact) mass is 575 g/mol. The van der Waals surface area contributed by atoms with E-state index in [-0.39, 0.29) is 35.4 Å². The Morgan fingerprint density at radius 3 is 2.29 bits per heavy atom. The van der Waals surface area contributed by atoms with Crippen LogP contribution in [0, 0.1) is 23.5 Å². The average molecular weight is 576 g/mol. The Balaban J connectivity index is 1.12. The smallest absolute Gasteiger partial charge is 0.279 e. The molecule has 2 aromatic rings. The number of ether oxygens (including phenoxy) is 2. The number of pyridine rings is 1. The zero-order valence-electron chi connectivity index (χ0n) is 24.4. The summed E-state index contributed by atoms with van der Waals surface area (Å²) in [7, 11) is 0. The van der Waals surface area contributed by atoms with Crippen LogP contribution < -0.4 is 4.74 Å². The lowest BCUT2D eigenvalue weighted by atomic mass is 9.77. The van der Waals surface area contributed by atoms with Crippen LogP contribution in [0.25, 0.3) is 11.3 Å². The predicted molar refractivity (Wildman–Crippen MR) is 153 cm³/mol. The first-order valence-electron chi connectivity index (χ1n) is 16.0. The first-order valence-corrected chi connectivity index (χ1v) is 16.0. The summed E-state index contributed by atoms with van der Waals surface area (Å²) in [6, 6.07) is 4.54. The molecule has 0 radical (unpaired) electrons. The van der Waals surface area contributed by atoms with Gasteiger partial charge in [-0.05, 0) is 55.4 Å². The number of epoxide rings is 1.